The van der Waals surface area contributed by atoms with Gasteiger partial charge in [-0.2, -0.15) is 0 Å². The number of nitrogens with zero attached hydrogens (tertiary/aromatic N) is 3. The number of carbonyl (C=O) groups excluding carboxylic acids is 1. The van der Waals surface area contributed by atoms with Crippen molar-refractivity contribution < 1.29 is 22.7 Å². The van der Waals surface area contributed by atoms with Crippen molar-refractivity contribution in [3.8, 4) is 5.75 Å². The number of carbonyl (C=O) groups is 1. The highest BCUT2D eigenvalue weighted by Crippen LogP contribution is 2.29. The molecule has 0 unspecified atom stereocenters. The van der Waals surface area contributed by atoms with Crippen molar-refractivity contribution in [2.75, 3.05) is 25.5 Å². The fourth-order valence-electron chi connectivity index (χ4n) is 4.25. The molecule has 2 aromatic carbocycles. The summed E-state index contributed by atoms with van der Waals surface area (Å²) in [5.74, 6) is 1.91. The smallest absolute Gasteiger partial charge is 0.405 e. The van der Waals surface area contributed by atoms with Crippen LogP contribution < -0.4 is 15.0 Å². The van der Waals surface area contributed by atoms with E-state index in [4.69, 9.17) is 0 Å². The van der Waals surface area contributed by atoms with Gasteiger partial charge in [-0.05, 0) is 55.9 Å². The molecule has 0 bridgehead atoms. The Hall–Kier alpha value is -3.36. The van der Waals surface area contributed by atoms with E-state index in [-0.39, 0.29) is 5.56 Å². The second-order valence-corrected chi connectivity index (χ2v) is 9.39. The number of anilines is 1. The zero-order chi connectivity index (χ0) is 26.3. The van der Waals surface area contributed by atoms with Crippen LogP contribution in [0.3, 0.4) is 0 Å². The van der Waals surface area contributed by atoms with Crippen molar-refractivity contribution in [3.05, 3.63) is 59.9 Å². The largest absolute Gasteiger partial charge is 0.573 e. The van der Waals surface area contributed by atoms with Crippen LogP contribution in [0.1, 0.15) is 48.8 Å². The quantitative estimate of drug-likeness (QED) is 0.454. The number of alkyl halides is 3. The first-order valence-electron chi connectivity index (χ1n) is 12.1. The first kappa shape index (κ1) is 27.2. The number of para-hydroxylation sites is 2. The molecule has 1 aromatic heterocycles. The average Bonchev–Trinajstić information content (AvgIpc) is 2.82. The SMILES string of the molecule is CC1CCC(CNC(=O)c2ccccc2OC(F)(F)F)CC1.Cc1nc(N(C)C)c2ccccc2n1. The third kappa shape index (κ3) is 7.83. The fourth-order valence-corrected chi connectivity index (χ4v) is 4.25. The first-order valence-corrected chi connectivity index (χ1v) is 12.1. The fraction of sp³-hybridized carbons (Fsp3) is 0.444. The molecule has 1 aliphatic carbocycles. The number of hydrogen-bond acceptors (Lipinski definition) is 5. The minimum Gasteiger partial charge on any atom is -0.405 e. The van der Waals surface area contributed by atoms with Crippen molar-refractivity contribution in [1.29, 1.82) is 0 Å². The van der Waals surface area contributed by atoms with Crippen LogP contribution in [0, 0.1) is 18.8 Å². The van der Waals surface area contributed by atoms with E-state index in [2.05, 4.69) is 26.9 Å². The van der Waals surface area contributed by atoms with Gasteiger partial charge in [-0.15, -0.1) is 13.2 Å². The van der Waals surface area contributed by atoms with E-state index in [9.17, 15) is 18.0 Å². The lowest BCUT2D eigenvalue weighted by molar-refractivity contribution is -0.274. The second kappa shape index (κ2) is 12.1. The topological polar surface area (TPSA) is 67.3 Å². The van der Waals surface area contributed by atoms with E-state index in [1.165, 1.54) is 18.2 Å². The number of benzene rings is 2. The maximum Gasteiger partial charge on any atom is 0.573 e. The maximum atomic E-state index is 12.3. The van der Waals surface area contributed by atoms with E-state index >= 15 is 0 Å². The zero-order valence-corrected chi connectivity index (χ0v) is 21.1. The van der Waals surface area contributed by atoms with Gasteiger partial charge in [0.25, 0.3) is 5.91 Å². The maximum absolute atomic E-state index is 12.3. The molecule has 1 aliphatic rings. The van der Waals surface area contributed by atoms with E-state index in [0.717, 1.165) is 54.3 Å². The highest BCUT2D eigenvalue weighted by molar-refractivity contribution is 5.96. The number of amides is 1. The Morgan fingerprint density at radius 3 is 2.33 bits per heavy atom. The molecule has 1 N–H and O–H groups in total. The molecular formula is C27H33F3N4O2. The van der Waals surface area contributed by atoms with Gasteiger partial charge in [0.1, 0.15) is 17.4 Å². The Morgan fingerprint density at radius 2 is 1.67 bits per heavy atom. The van der Waals surface area contributed by atoms with Gasteiger partial charge in [-0.25, -0.2) is 9.97 Å². The Labute approximate surface area is 209 Å². The highest BCUT2D eigenvalue weighted by Gasteiger charge is 2.33. The van der Waals surface area contributed by atoms with Gasteiger partial charge < -0.3 is 15.0 Å². The van der Waals surface area contributed by atoms with E-state index in [0.29, 0.717) is 18.4 Å². The van der Waals surface area contributed by atoms with Gasteiger partial charge in [-0.3, -0.25) is 4.79 Å². The van der Waals surface area contributed by atoms with Crippen LogP contribution in [0.25, 0.3) is 10.9 Å². The third-order valence-electron chi connectivity index (χ3n) is 6.16. The molecule has 1 saturated carbocycles. The van der Waals surface area contributed by atoms with Crippen LogP contribution in [0.2, 0.25) is 0 Å². The standard InChI is InChI=1S/C16H20F3NO2.C11H13N3/c1-11-6-8-12(9-7-11)10-20-15(21)13-4-2-3-5-14(13)22-16(17,18)19;1-8-12-10-7-5-4-6-9(10)11(13-8)14(2)3/h2-5,11-12H,6-10H2,1H3,(H,20,21);4-7H,1-3H3. The molecule has 0 atom stereocenters. The molecule has 0 saturated heterocycles. The van der Waals surface area contributed by atoms with E-state index in [1.807, 2.05) is 50.2 Å². The van der Waals surface area contributed by atoms with Gasteiger partial charge in [0, 0.05) is 26.0 Å². The summed E-state index contributed by atoms with van der Waals surface area (Å²) in [6.07, 6.45) is -0.456. The summed E-state index contributed by atoms with van der Waals surface area (Å²) in [5.41, 5.74) is 0.910. The lowest BCUT2D eigenvalue weighted by Crippen LogP contribution is -2.31. The summed E-state index contributed by atoms with van der Waals surface area (Å²) < 4.78 is 40.9. The van der Waals surface area contributed by atoms with Gasteiger partial charge in [-0.1, -0.05) is 44.0 Å². The van der Waals surface area contributed by atoms with Crippen LogP contribution in [-0.2, 0) is 0 Å². The minimum absolute atomic E-state index is 0.0935. The molecule has 0 aliphatic heterocycles. The van der Waals surface area contributed by atoms with Crippen LogP contribution >= 0.6 is 0 Å². The molecule has 1 fully saturated rings. The monoisotopic (exact) mass is 502 g/mol. The number of halogens is 3. The predicted octanol–water partition coefficient (Wildman–Crippen LogP) is 6.15. The van der Waals surface area contributed by atoms with Crippen molar-refractivity contribution in [2.24, 2.45) is 11.8 Å². The van der Waals surface area contributed by atoms with Crippen molar-refractivity contribution >= 4 is 22.6 Å². The second-order valence-electron chi connectivity index (χ2n) is 9.39. The summed E-state index contributed by atoms with van der Waals surface area (Å²) in [4.78, 5) is 22.9. The first-order chi connectivity index (χ1) is 17.0. The average molecular weight is 503 g/mol. The number of hydrogen-bond donors (Lipinski definition) is 1. The van der Waals surface area contributed by atoms with Crippen LogP contribution in [0.15, 0.2) is 48.5 Å². The minimum atomic E-state index is -4.81. The van der Waals surface area contributed by atoms with E-state index in [1.54, 1.807) is 0 Å². The molecule has 0 spiro atoms. The lowest BCUT2D eigenvalue weighted by atomic mass is 9.83. The van der Waals surface area contributed by atoms with Gasteiger partial charge in [0.2, 0.25) is 0 Å². The molecule has 0 radical (unpaired) electrons. The lowest BCUT2D eigenvalue weighted by Gasteiger charge is -2.26. The molecule has 36 heavy (non-hydrogen) atoms. The molecule has 1 amide bonds. The summed E-state index contributed by atoms with van der Waals surface area (Å²) in [6, 6.07) is 13.5. The number of aromatic nitrogens is 2. The highest BCUT2D eigenvalue weighted by atomic mass is 19.4. The number of ether oxygens (including phenoxy) is 1. The number of fused-ring (bicyclic) bond motifs is 1. The Kier molecular flexibility index (Phi) is 9.12. The molecule has 6 nitrogen and oxygen atoms in total. The normalized spacial score (nSPS) is 17.6. The molecule has 3 aromatic rings. The number of nitrogens with one attached hydrogen (secondary N) is 1. The zero-order valence-electron chi connectivity index (χ0n) is 21.1. The van der Waals surface area contributed by atoms with Crippen LogP contribution in [0.4, 0.5) is 19.0 Å². The van der Waals surface area contributed by atoms with Crippen molar-refractivity contribution in [1.82, 2.24) is 15.3 Å². The molecule has 1 heterocycles. The number of rotatable bonds is 5. The van der Waals surface area contributed by atoms with Crippen molar-refractivity contribution in [2.45, 2.75) is 45.9 Å². The summed E-state index contributed by atoms with van der Waals surface area (Å²) >= 11 is 0. The molecule has 4 rings (SSSR count). The van der Waals surface area contributed by atoms with Gasteiger partial charge in [0.05, 0.1) is 11.1 Å². The van der Waals surface area contributed by atoms with E-state index < -0.39 is 18.0 Å². The third-order valence-corrected chi connectivity index (χ3v) is 6.16. The summed E-state index contributed by atoms with van der Waals surface area (Å²) in [6.45, 7) is 4.62. The Balaban J connectivity index is 0.000000221. The predicted molar refractivity (Wildman–Crippen MR) is 135 cm³/mol. The molecule has 194 valence electrons. The van der Waals surface area contributed by atoms with Crippen molar-refractivity contribution in [3.63, 3.8) is 0 Å². The van der Waals surface area contributed by atoms with Gasteiger partial charge >= 0.3 is 6.36 Å². The van der Waals surface area contributed by atoms with Crippen LogP contribution in [0.5, 0.6) is 5.75 Å². The van der Waals surface area contributed by atoms with Gasteiger partial charge in [0.15, 0.2) is 0 Å². The number of aryl methyl sites for hydroxylation is 1. The Morgan fingerprint density at radius 1 is 1.03 bits per heavy atom. The molecular weight excluding hydrogens is 469 g/mol. The summed E-state index contributed by atoms with van der Waals surface area (Å²) in [5, 5.41) is 3.82. The molecule has 9 heteroatoms. The Bertz CT molecular complexity index is 1160. The summed E-state index contributed by atoms with van der Waals surface area (Å²) in [7, 11) is 3.99. The van der Waals surface area contributed by atoms with Crippen LogP contribution in [-0.4, -0.2) is 42.9 Å².